The molecule has 0 amide bonds. The fourth-order valence-electron chi connectivity index (χ4n) is 2.41. The zero-order valence-electron chi connectivity index (χ0n) is 10.1. The summed E-state index contributed by atoms with van der Waals surface area (Å²) in [5.74, 6) is 0. The Hall–Kier alpha value is -1.69. The summed E-state index contributed by atoms with van der Waals surface area (Å²) >= 11 is 0. The lowest BCUT2D eigenvalue weighted by atomic mass is 10.0. The Balaban J connectivity index is 2.10. The van der Waals surface area contributed by atoms with Crippen LogP contribution in [0.25, 0.3) is 0 Å². The van der Waals surface area contributed by atoms with Crippen LogP contribution in [0.4, 0.5) is 18.9 Å². The van der Waals surface area contributed by atoms with Crippen LogP contribution in [0.3, 0.4) is 0 Å². The van der Waals surface area contributed by atoms with Gasteiger partial charge in [-0.3, -0.25) is 0 Å². The van der Waals surface area contributed by atoms with Gasteiger partial charge in [-0.2, -0.15) is 13.2 Å². The van der Waals surface area contributed by atoms with Crippen molar-refractivity contribution in [3.63, 3.8) is 0 Å². The van der Waals surface area contributed by atoms with Crippen LogP contribution in [0, 0.1) is 0 Å². The van der Waals surface area contributed by atoms with Gasteiger partial charge < -0.3 is 15.0 Å². The van der Waals surface area contributed by atoms with Crippen molar-refractivity contribution in [1.29, 1.82) is 0 Å². The van der Waals surface area contributed by atoms with E-state index in [4.69, 9.17) is 4.74 Å². The van der Waals surface area contributed by atoms with Gasteiger partial charge in [0.25, 0.3) is 0 Å². The number of fused-ring (bicyclic) bond motifs is 1. The van der Waals surface area contributed by atoms with Crippen LogP contribution >= 0.6 is 0 Å². The molecule has 19 heavy (non-hydrogen) atoms. The smallest absolute Gasteiger partial charge is 0.418 e. The first-order chi connectivity index (χ1) is 9.05. The molecular weight excluding hydrogens is 257 g/mol. The van der Waals surface area contributed by atoms with Gasteiger partial charge in [-0.15, -0.1) is 0 Å². The highest BCUT2D eigenvalue weighted by Crippen LogP contribution is 2.39. The highest BCUT2D eigenvalue weighted by atomic mass is 19.4. The van der Waals surface area contributed by atoms with Gasteiger partial charge in [0.2, 0.25) is 0 Å². The van der Waals surface area contributed by atoms with Gasteiger partial charge in [0.15, 0.2) is 0 Å². The van der Waals surface area contributed by atoms with Crippen LogP contribution < -0.4 is 10.2 Å². The molecule has 2 aliphatic heterocycles. The molecule has 6 heteroatoms. The second-order valence-corrected chi connectivity index (χ2v) is 4.59. The number of anilines is 1. The molecule has 2 aliphatic rings. The Labute approximate surface area is 108 Å². The monoisotopic (exact) mass is 270 g/mol. The molecule has 0 unspecified atom stereocenters. The van der Waals surface area contributed by atoms with E-state index in [0.717, 1.165) is 11.1 Å². The molecule has 2 heterocycles. The van der Waals surface area contributed by atoms with Crippen LogP contribution in [0.5, 0.6) is 0 Å². The number of rotatable bonds is 1. The average molecular weight is 270 g/mol. The Bertz CT molecular complexity index is 525. The first kappa shape index (κ1) is 12.3. The summed E-state index contributed by atoms with van der Waals surface area (Å²) in [7, 11) is 0. The highest BCUT2D eigenvalue weighted by molar-refractivity contribution is 5.61. The molecule has 1 N–H and O–H groups in total. The summed E-state index contributed by atoms with van der Waals surface area (Å²) in [6.45, 7) is 1.93. The van der Waals surface area contributed by atoms with Crippen LogP contribution in [0.15, 0.2) is 24.6 Å². The van der Waals surface area contributed by atoms with E-state index in [2.05, 4.69) is 5.32 Å². The first-order valence-electron chi connectivity index (χ1n) is 6.04. The molecule has 0 saturated carbocycles. The summed E-state index contributed by atoms with van der Waals surface area (Å²) in [4.78, 5) is 1.59. The lowest BCUT2D eigenvalue weighted by Gasteiger charge is -2.27. The van der Waals surface area contributed by atoms with Crippen molar-refractivity contribution in [2.45, 2.75) is 19.3 Å². The summed E-state index contributed by atoms with van der Waals surface area (Å²) in [5, 5.41) is 3.07. The molecule has 0 fully saturated rings. The van der Waals surface area contributed by atoms with E-state index in [1.807, 2.05) is 0 Å². The number of nitrogens with zero attached hydrogens (tertiary/aromatic N) is 1. The average Bonchev–Trinajstić information content (AvgIpc) is 2.84. The second kappa shape index (κ2) is 4.45. The number of alkyl halides is 3. The van der Waals surface area contributed by atoms with Gasteiger partial charge in [-0.25, -0.2) is 0 Å². The second-order valence-electron chi connectivity index (χ2n) is 4.59. The number of nitrogens with one attached hydrogen (secondary N) is 1. The predicted molar refractivity (Wildman–Crippen MR) is 64.4 cm³/mol. The van der Waals surface area contributed by atoms with E-state index in [-0.39, 0.29) is 5.69 Å². The predicted octanol–water partition coefficient (Wildman–Crippen LogP) is 2.62. The molecule has 1 aromatic carbocycles. The highest BCUT2D eigenvalue weighted by Gasteiger charge is 2.36. The van der Waals surface area contributed by atoms with Crippen molar-refractivity contribution in [2.24, 2.45) is 0 Å². The topological polar surface area (TPSA) is 24.5 Å². The molecule has 3 rings (SSSR count). The summed E-state index contributed by atoms with van der Waals surface area (Å²) in [5.41, 5.74) is 1.28. The van der Waals surface area contributed by atoms with Gasteiger partial charge >= 0.3 is 6.18 Å². The Morgan fingerprint density at radius 2 is 1.89 bits per heavy atom. The molecule has 1 aromatic rings. The fourth-order valence-corrected chi connectivity index (χ4v) is 2.41. The Morgan fingerprint density at radius 3 is 2.53 bits per heavy atom. The van der Waals surface area contributed by atoms with E-state index >= 15 is 0 Å². The van der Waals surface area contributed by atoms with Crippen molar-refractivity contribution in [2.75, 3.05) is 18.1 Å². The minimum Gasteiger partial charge on any atom is -0.498 e. The van der Waals surface area contributed by atoms with Crippen molar-refractivity contribution in [3.8, 4) is 0 Å². The number of ether oxygens (including phenoxy) is 1. The van der Waals surface area contributed by atoms with Gasteiger partial charge in [-0.1, -0.05) is 0 Å². The van der Waals surface area contributed by atoms with E-state index in [9.17, 15) is 13.2 Å². The van der Waals surface area contributed by atoms with E-state index < -0.39 is 11.7 Å². The molecule has 0 aliphatic carbocycles. The van der Waals surface area contributed by atoms with E-state index in [1.54, 1.807) is 17.2 Å². The molecule has 0 spiro atoms. The lowest BCUT2D eigenvalue weighted by molar-refractivity contribution is -0.137. The largest absolute Gasteiger partial charge is 0.498 e. The number of halogens is 3. The summed E-state index contributed by atoms with van der Waals surface area (Å²) in [6, 6.07) is 2.89. The molecule has 3 nitrogen and oxygen atoms in total. The van der Waals surface area contributed by atoms with Crippen molar-refractivity contribution in [1.82, 2.24) is 5.32 Å². The van der Waals surface area contributed by atoms with Gasteiger partial charge in [-0.05, 0) is 23.3 Å². The maximum Gasteiger partial charge on any atom is 0.418 e. The molecule has 102 valence electrons. The van der Waals surface area contributed by atoms with E-state index in [0.29, 0.717) is 26.2 Å². The zero-order valence-corrected chi connectivity index (χ0v) is 10.1. The third-order valence-electron chi connectivity index (χ3n) is 3.35. The first-order valence-corrected chi connectivity index (χ1v) is 6.04. The van der Waals surface area contributed by atoms with Crippen molar-refractivity contribution >= 4 is 5.69 Å². The minimum atomic E-state index is -4.35. The summed E-state index contributed by atoms with van der Waals surface area (Å²) in [6.07, 6.45) is -1.38. The van der Waals surface area contributed by atoms with E-state index in [1.165, 1.54) is 12.3 Å². The quantitative estimate of drug-likeness (QED) is 0.849. The van der Waals surface area contributed by atoms with Crippen LogP contribution in [-0.4, -0.2) is 13.2 Å². The molecule has 0 saturated heterocycles. The van der Waals surface area contributed by atoms with Crippen LogP contribution in [-0.2, 0) is 24.0 Å². The number of hydrogen-bond acceptors (Lipinski definition) is 3. The molecule has 0 bridgehead atoms. The van der Waals surface area contributed by atoms with Crippen molar-refractivity contribution < 1.29 is 17.9 Å². The maximum atomic E-state index is 13.2. The number of benzene rings is 1. The Morgan fingerprint density at radius 1 is 1.16 bits per heavy atom. The molecule has 0 aromatic heterocycles. The third kappa shape index (κ3) is 2.28. The zero-order chi connectivity index (χ0) is 13.5. The van der Waals surface area contributed by atoms with Crippen LogP contribution in [0.1, 0.15) is 16.7 Å². The molecular formula is C13H13F3N2O. The van der Waals surface area contributed by atoms with Gasteiger partial charge in [0.1, 0.15) is 6.61 Å². The maximum absolute atomic E-state index is 13.2. The molecule has 0 radical (unpaired) electrons. The standard InChI is InChI=1S/C13H13F3N2O/c14-13(15,16)11-5-9-7-17-8-10(9)6-12(11)18-1-3-19-4-2-18/h1,3,5-6,17H,2,4,7-8H2. The number of hydrogen-bond donors (Lipinski definition) is 1. The third-order valence-corrected chi connectivity index (χ3v) is 3.35. The minimum absolute atomic E-state index is 0.203. The summed E-state index contributed by atoms with van der Waals surface area (Å²) < 4.78 is 44.5. The normalized spacial score (nSPS) is 18.4. The van der Waals surface area contributed by atoms with Crippen molar-refractivity contribution in [3.05, 3.63) is 41.3 Å². The SMILES string of the molecule is FC(F)(F)c1cc2c(cc1N1C=COCC1)CNC2. The fraction of sp³-hybridized carbons (Fsp3) is 0.385. The van der Waals surface area contributed by atoms with Gasteiger partial charge in [0.05, 0.1) is 24.1 Å². The Kier molecular flexibility index (Phi) is 2.89. The molecule has 0 atom stereocenters. The van der Waals surface area contributed by atoms with Gasteiger partial charge in [0, 0.05) is 19.3 Å². The lowest BCUT2D eigenvalue weighted by Crippen LogP contribution is -2.27. The van der Waals surface area contributed by atoms with Crippen LogP contribution in [0.2, 0.25) is 0 Å².